The van der Waals surface area contributed by atoms with Gasteiger partial charge in [0.05, 0.1) is 4.53 Å². The molecule has 0 bridgehead atoms. The molecule has 2 unspecified atom stereocenters. The summed E-state index contributed by atoms with van der Waals surface area (Å²) in [6, 6.07) is 26.9. The largest absolute Gasteiger partial charge is 0.324 e. The highest BCUT2D eigenvalue weighted by atomic mass is 79.9. The number of fused-ring (bicyclic) bond motifs is 3. The lowest BCUT2D eigenvalue weighted by Gasteiger charge is -2.50. The van der Waals surface area contributed by atoms with Crippen LogP contribution in [0.1, 0.15) is 16.7 Å². The molecule has 0 saturated carbocycles. The molecule has 0 aliphatic carbocycles. The molecule has 0 radical (unpaired) electrons. The van der Waals surface area contributed by atoms with Gasteiger partial charge in [-0.25, -0.2) is 9.36 Å². The second-order valence-electron chi connectivity index (χ2n) is 8.82. The Balaban J connectivity index is 1.74. The van der Waals surface area contributed by atoms with Crippen LogP contribution in [-0.4, -0.2) is 34.5 Å². The minimum absolute atomic E-state index is 0.206. The third kappa shape index (κ3) is 2.87. The van der Waals surface area contributed by atoms with E-state index in [0.29, 0.717) is 9.33 Å². The number of thiazole rings is 1. The van der Waals surface area contributed by atoms with Crippen LogP contribution in [-0.2, 0) is 11.3 Å². The fourth-order valence-electron chi connectivity index (χ4n) is 5.46. The summed E-state index contributed by atoms with van der Waals surface area (Å²) in [6.45, 7) is 0. The number of urea groups is 1. The zero-order valence-electron chi connectivity index (χ0n) is 19.6. The zero-order chi connectivity index (χ0) is 25.1. The third-order valence-corrected chi connectivity index (χ3v) is 8.54. The lowest BCUT2D eigenvalue weighted by atomic mass is 9.80. The van der Waals surface area contributed by atoms with E-state index < -0.39 is 11.3 Å². The molecule has 180 valence electrons. The average molecular weight is 560 g/mol. The SMILES string of the molecule is CN1C(=O)N(C)C2(c3ccccc3)n3c(s/c(=C\c4ccc(Br)cc4)c3=O)=NNC12c1ccccc1. The Kier molecular flexibility index (Phi) is 5.17. The molecule has 2 amide bonds. The number of hydrogen-bond acceptors (Lipinski definition) is 5. The molecule has 1 fully saturated rings. The van der Waals surface area contributed by atoms with Gasteiger partial charge in [0, 0.05) is 29.7 Å². The summed E-state index contributed by atoms with van der Waals surface area (Å²) in [5.74, 6) is 0. The molecule has 9 heteroatoms. The Bertz CT molecular complexity index is 1650. The number of nitrogens with zero attached hydrogens (tertiary/aromatic N) is 4. The normalized spacial score (nSPS) is 23.2. The van der Waals surface area contributed by atoms with Gasteiger partial charge in [-0.2, -0.15) is 0 Å². The monoisotopic (exact) mass is 559 g/mol. The van der Waals surface area contributed by atoms with Crippen LogP contribution in [0.15, 0.2) is 99.3 Å². The summed E-state index contributed by atoms with van der Waals surface area (Å²) in [5, 5.41) is 4.69. The highest BCUT2D eigenvalue weighted by Crippen LogP contribution is 2.52. The van der Waals surface area contributed by atoms with Gasteiger partial charge < -0.3 is 0 Å². The number of benzene rings is 3. The van der Waals surface area contributed by atoms with E-state index in [0.717, 1.165) is 21.2 Å². The van der Waals surface area contributed by atoms with Crippen LogP contribution in [0.25, 0.3) is 6.08 Å². The molecule has 2 aliphatic heterocycles. The van der Waals surface area contributed by atoms with E-state index >= 15 is 0 Å². The van der Waals surface area contributed by atoms with Gasteiger partial charge in [0.2, 0.25) is 16.1 Å². The van der Waals surface area contributed by atoms with E-state index in [2.05, 4.69) is 21.4 Å². The molecular formula is C27H22BrN5O2S. The summed E-state index contributed by atoms with van der Waals surface area (Å²) in [5.41, 5.74) is 3.25. The van der Waals surface area contributed by atoms with Crippen LogP contribution >= 0.6 is 27.3 Å². The number of rotatable bonds is 3. The van der Waals surface area contributed by atoms with Gasteiger partial charge in [0.1, 0.15) is 0 Å². The van der Waals surface area contributed by atoms with Crippen LogP contribution in [0.5, 0.6) is 0 Å². The number of nitrogens with one attached hydrogen (secondary N) is 1. The summed E-state index contributed by atoms with van der Waals surface area (Å²) >= 11 is 4.76. The first-order valence-corrected chi connectivity index (χ1v) is 13.0. The van der Waals surface area contributed by atoms with Crippen molar-refractivity contribution in [2.45, 2.75) is 11.3 Å². The van der Waals surface area contributed by atoms with Gasteiger partial charge in [-0.15, -0.1) is 5.10 Å². The van der Waals surface area contributed by atoms with E-state index in [-0.39, 0.29) is 11.6 Å². The predicted octanol–water partition coefficient (Wildman–Crippen LogP) is 3.19. The quantitative estimate of drug-likeness (QED) is 0.419. The topological polar surface area (TPSA) is 69.9 Å². The highest BCUT2D eigenvalue weighted by molar-refractivity contribution is 9.10. The van der Waals surface area contributed by atoms with Crippen LogP contribution in [0.3, 0.4) is 0 Å². The number of amides is 2. The Hall–Kier alpha value is -3.69. The van der Waals surface area contributed by atoms with Crippen molar-refractivity contribution in [2.24, 2.45) is 5.10 Å². The Labute approximate surface area is 219 Å². The average Bonchev–Trinajstić information content (AvgIpc) is 3.32. The van der Waals surface area contributed by atoms with E-state index in [4.69, 9.17) is 5.10 Å². The van der Waals surface area contributed by atoms with Crippen molar-refractivity contribution in [3.63, 3.8) is 0 Å². The Morgan fingerprint density at radius 1 is 0.861 bits per heavy atom. The molecule has 3 aromatic carbocycles. The van der Waals surface area contributed by atoms with E-state index in [9.17, 15) is 9.59 Å². The minimum Gasteiger partial charge on any atom is -0.296 e. The standard InChI is InChI=1S/C27H22BrN5O2S/c1-31-25(35)32(2)27(20-11-7-4-8-12-20)26(31,19-9-5-3-6-10-19)30-29-24-33(27)23(34)22(36-24)17-18-13-15-21(28)16-14-18/h3-17,30H,1-2H3/b22-17-. The van der Waals surface area contributed by atoms with Crippen molar-refractivity contribution in [2.75, 3.05) is 14.1 Å². The minimum atomic E-state index is -1.24. The number of aromatic nitrogens is 1. The van der Waals surface area contributed by atoms with Crippen molar-refractivity contribution < 1.29 is 4.79 Å². The molecule has 4 aromatic rings. The molecule has 0 spiro atoms. The van der Waals surface area contributed by atoms with Gasteiger partial charge in [-0.3, -0.25) is 20.0 Å². The number of hydrogen-bond donors (Lipinski definition) is 1. The lowest BCUT2D eigenvalue weighted by molar-refractivity contribution is -0.0145. The van der Waals surface area contributed by atoms with Gasteiger partial charge in [0.25, 0.3) is 5.56 Å². The molecule has 7 nitrogen and oxygen atoms in total. The van der Waals surface area contributed by atoms with Gasteiger partial charge >= 0.3 is 6.03 Å². The van der Waals surface area contributed by atoms with Crippen LogP contribution in [0, 0.1) is 0 Å². The third-order valence-electron chi connectivity index (χ3n) is 7.05. The van der Waals surface area contributed by atoms with Gasteiger partial charge in [-0.05, 0) is 23.8 Å². The molecule has 2 atom stereocenters. The number of carbonyl (C=O) groups is 1. The van der Waals surface area contributed by atoms with Crippen LogP contribution in [0.4, 0.5) is 4.79 Å². The number of halogens is 1. The molecule has 1 saturated heterocycles. The summed E-state index contributed by atoms with van der Waals surface area (Å²) < 4.78 is 3.18. The van der Waals surface area contributed by atoms with Gasteiger partial charge in [0.15, 0.2) is 0 Å². The molecule has 1 N–H and O–H groups in total. The second-order valence-corrected chi connectivity index (χ2v) is 10.7. The Morgan fingerprint density at radius 2 is 1.47 bits per heavy atom. The second kappa shape index (κ2) is 8.18. The summed E-state index contributed by atoms with van der Waals surface area (Å²) in [4.78, 5) is 31.7. The fourth-order valence-corrected chi connectivity index (χ4v) is 6.69. The first-order valence-electron chi connectivity index (χ1n) is 11.4. The van der Waals surface area contributed by atoms with Crippen LogP contribution in [0.2, 0.25) is 0 Å². The van der Waals surface area contributed by atoms with Crippen molar-refractivity contribution >= 4 is 39.4 Å². The first-order chi connectivity index (χ1) is 17.4. The van der Waals surface area contributed by atoms with Gasteiger partial charge in [-0.1, -0.05) is 100 Å². The molecular weight excluding hydrogens is 538 g/mol. The first kappa shape index (κ1) is 22.8. The maximum absolute atomic E-state index is 14.2. The molecule has 36 heavy (non-hydrogen) atoms. The van der Waals surface area contributed by atoms with E-state index in [1.165, 1.54) is 11.3 Å². The zero-order valence-corrected chi connectivity index (χ0v) is 22.0. The maximum Gasteiger partial charge on any atom is 0.324 e. The lowest BCUT2D eigenvalue weighted by Crippen LogP contribution is -2.72. The van der Waals surface area contributed by atoms with Crippen molar-refractivity contribution in [3.8, 4) is 0 Å². The molecule has 3 heterocycles. The number of carbonyl (C=O) groups excluding carboxylic acids is 1. The smallest absolute Gasteiger partial charge is 0.296 e. The summed E-state index contributed by atoms with van der Waals surface area (Å²) in [7, 11) is 3.49. The van der Waals surface area contributed by atoms with E-state index in [1.54, 1.807) is 28.5 Å². The fraction of sp³-hybridized carbons (Fsp3) is 0.148. The number of likely N-dealkylation sites (N-methyl/N-ethyl adjacent to an activating group) is 2. The predicted molar refractivity (Wildman–Crippen MR) is 143 cm³/mol. The maximum atomic E-state index is 14.2. The Morgan fingerprint density at radius 3 is 2.11 bits per heavy atom. The summed E-state index contributed by atoms with van der Waals surface area (Å²) in [6.07, 6.45) is 1.86. The van der Waals surface area contributed by atoms with Crippen molar-refractivity contribution in [1.82, 2.24) is 19.8 Å². The van der Waals surface area contributed by atoms with Crippen molar-refractivity contribution in [3.05, 3.63) is 126 Å². The molecule has 6 rings (SSSR count). The molecule has 1 aromatic heterocycles. The van der Waals surface area contributed by atoms with Crippen molar-refractivity contribution in [1.29, 1.82) is 0 Å². The highest BCUT2D eigenvalue weighted by Gasteiger charge is 2.70. The molecule has 2 aliphatic rings. The van der Waals surface area contributed by atoms with Crippen LogP contribution < -0.4 is 20.3 Å². The van der Waals surface area contributed by atoms with E-state index in [1.807, 2.05) is 91.0 Å².